The van der Waals surface area contributed by atoms with E-state index in [1.54, 1.807) is 0 Å². The summed E-state index contributed by atoms with van der Waals surface area (Å²) in [4.78, 5) is 0. The average Bonchev–Trinajstić information content (AvgIpc) is 2.07. The Morgan fingerprint density at radius 2 is 1.91 bits per heavy atom. The molecule has 2 nitrogen and oxygen atoms in total. The third-order valence-electron chi connectivity index (χ3n) is 1.28. The van der Waals surface area contributed by atoms with Gasteiger partial charge < -0.3 is 0 Å². The zero-order chi connectivity index (χ0) is 8.10. The first-order valence-corrected chi connectivity index (χ1v) is 6.15. The van der Waals surface area contributed by atoms with Gasteiger partial charge in [0.05, 0.1) is 0 Å². The average molecular weight is 217 g/mol. The van der Waals surface area contributed by atoms with Crippen LogP contribution in [0.1, 0.15) is 0 Å². The van der Waals surface area contributed by atoms with E-state index in [-0.39, 0.29) is 6.61 Å². The topological polar surface area (TPSA) is 37.3 Å². The number of benzene rings is 1. The Balaban J connectivity index is 2.69. The van der Waals surface area contributed by atoms with Crippen molar-refractivity contribution in [2.45, 2.75) is 5.32 Å². The molecule has 1 aromatic carbocycles. The Bertz CT molecular complexity index is 233. The monoisotopic (exact) mass is 218 g/mol. The van der Waals surface area contributed by atoms with Gasteiger partial charge in [0.25, 0.3) is 0 Å². The van der Waals surface area contributed by atoms with E-state index < -0.39 is 13.8 Å². The molecule has 3 heteroatoms. The fourth-order valence-corrected chi connectivity index (χ4v) is 2.58. The zero-order valence-corrected chi connectivity index (χ0v) is 7.78. The Morgan fingerprint density at radius 1 is 1.27 bits per heavy atom. The third-order valence-corrected chi connectivity index (χ3v) is 4.12. The Hall–Kier alpha value is -0.501. The van der Waals surface area contributed by atoms with Gasteiger partial charge in [-0.05, 0) is 0 Å². The van der Waals surface area contributed by atoms with Crippen molar-refractivity contribution < 1.29 is 8.94 Å². The second-order valence-electron chi connectivity index (χ2n) is 2.09. The van der Waals surface area contributed by atoms with Crippen molar-refractivity contribution in [3.63, 3.8) is 0 Å². The summed E-state index contributed by atoms with van der Waals surface area (Å²) in [5.74, 6) is 0. The van der Waals surface area contributed by atoms with Crippen molar-refractivity contribution in [2.75, 3.05) is 6.61 Å². The first-order chi connectivity index (χ1) is 5.34. The molecule has 1 rings (SSSR count). The SMILES string of the molecule is O=[Se](CCO)c1ccccc1. The van der Waals surface area contributed by atoms with E-state index in [9.17, 15) is 3.83 Å². The molecule has 0 bridgehead atoms. The molecule has 1 N–H and O–H groups in total. The molecule has 0 saturated carbocycles. The number of hydrogen-bond donors (Lipinski definition) is 1. The molecular weight excluding hydrogens is 207 g/mol. The first kappa shape index (κ1) is 8.59. The molecule has 1 unspecified atom stereocenters. The van der Waals surface area contributed by atoms with Crippen LogP contribution >= 0.6 is 0 Å². The van der Waals surface area contributed by atoms with Crippen LogP contribution in [0.5, 0.6) is 0 Å². The third kappa shape index (κ3) is 2.54. The van der Waals surface area contributed by atoms with Crippen molar-refractivity contribution in [1.82, 2.24) is 0 Å². The number of aliphatic hydroxyl groups is 1. The molecule has 0 radical (unpaired) electrons. The van der Waals surface area contributed by atoms with Gasteiger partial charge in [-0.1, -0.05) is 0 Å². The summed E-state index contributed by atoms with van der Waals surface area (Å²) in [5, 5.41) is 8.95. The minimum absolute atomic E-state index is 0.0169. The van der Waals surface area contributed by atoms with Gasteiger partial charge in [-0.25, -0.2) is 0 Å². The van der Waals surface area contributed by atoms with E-state index in [1.165, 1.54) is 0 Å². The molecule has 0 fully saturated rings. The Labute approximate surface area is 70.0 Å². The Kier molecular flexibility index (Phi) is 3.43. The normalized spacial score (nSPS) is 12.8. The zero-order valence-electron chi connectivity index (χ0n) is 6.06. The molecule has 0 aromatic heterocycles. The summed E-state index contributed by atoms with van der Waals surface area (Å²) in [6.45, 7) is 0.0169. The summed E-state index contributed by atoms with van der Waals surface area (Å²) in [6.07, 6.45) is 0. The van der Waals surface area contributed by atoms with E-state index in [4.69, 9.17) is 5.11 Å². The number of aliphatic hydroxyl groups excluding tert-OH is 1. The molecule has 0 amide bonds. The molecule has 0 saturated heterocycles. The summed E-state index contributed by atoms with van der Waals surface area (Å²) >= 11 is -1.93. The van der Waals surface area contributed by atoms with E-state index in [0.717, 1.165) is 4.46 Å². The van der Waals surface area contributed by atoms with Crippen LogP contribution in [0.2, 0.25) is 5.32 Å². The summed E-state index contributed by atoms with van der Waals surface area (Å²) in [7, 11) is 0. The van der Waals surface area contributed by atoms with Crippen molar-refractivity contribution in [2.24, 2.45) is 0 Å². The van der Waals surface area contributed by atoms with Crippen LogP contribution in [0.3, 0.4) is 0 Å². The molecule has 0 aliphatic carbocycles. The van der Waals surface area contributed by atoms with Gasteiger partial charge in [-0.3, -0.25) is 0 Å². The molecule has 1 atom stereocenters. The van der Waals surface area contributed by atoms with Gasteiger partial charge in [0, 0.05) is 0 Å². The molecule has 0 aliphatic rings. The van der Waals surface area contributed by atoms with E-state index in [1.807, 2.05) is 30.3 Å². The quantitative estimate of drug-likeness (QED) is 0.740. The summed E-state index contributed by atoms with van der Waals surface area (Å²) in [6, 6.07) is 9.30. The molecule has 60 valence electrons. The summed E-state index contributed by atoms with van der Waals surface area (Å²) in [5.41, 5.74) is 0. The van der Waals surface area contributed by atoms with Gasteiger partial charge in [0.15, 0.2) is 0 Å². The fraction of sp³-hybridized carbons (Fsp3) is 0.250. The van der Waals surface area contributed by atoms with Crippen LogP contribution in [0.25, 0.3) is 0 Å². The van der Waals surface area contributed by atoms with Crippen LogP contribution in [-0.4, -0.2) is 25.5 Å². The van der Waals surface area contributed by atoms with Gasteiger partial charge >= 0.3 is 69.5 Å². The van der Waals surface area contributed by atoms with Crippen molar-refractivity contribution in [1.29, 1.82) is 0 Å². The maximum atomic E-state index is 11.3. The molecule has 11 heavy (non-hydrogen) atoms. The van der Waals surface area contributed by atoms with Gasteiger partial charge in [-0.2, -0.15) is 0 Å². The van der Waals surface area contributed by atoms with Crippen molar-refractivity contribution in [3.05, 3.63) is 30.3 Å². The number of rotatable bonds is 3. The standard InChI is InChI=1S/C8H10O2Se/c9-6-7-11(10)8-4-2-1-3-5-8/h1-5,9H,6-7H2. The second kappa shape index (κ2) is 4.39. The predicted molar refractivity (Wildman–Crippen MR) is 44.4 cm³/mol. The van der Waals surface area contributed by atoms with Crippen molar-refractivity contribution >= 4 is 18.3 Å². The van der Waals surface area contributed by atoms with Crippen LogP contribution in [0, 0.1) is 0 Å². The Morgan fingerprint density at radius 3 is 2.45 bits per heavy atom. The molecule has 0 heterocycles. The van der Waals surface area contributed by atoms with E-state index in [2.05, 4.69) is 0 Å². The van der Waals surface area contributed by atoms with Crippen LogP contribution in [0.4, 0.5) is 0 Å². The molecular formula is C8H10O2Se. The molecule has 0 aliphatic heterocycles. The van der Waals surface area contributed by atoms with Crippen LogP contribution in [-0.2, 0) is 3.83 Å². The van der Waals surface area contributed by atoms with E-state index >= 15 is 0 Å². The maximum absolute atomic E-state index is 11.3. The van der Waals surface area contributed by atoms with Crippen LogP contribution in [0.15, 0.2) is 30.3 Å². The number of hydrogen-bond acceptors (Lipinski definition) is 2. The fourth-order valence-electron chi connectivity index (χ4n) is 0.773. The van der Waals surface area contributed by atoms with Crippen LogP contribution < -0.4 is 4.46 Å². The predicted octanol–water partition coefficient (Wildman–Crippen LogP) is 0.308. The van der Waals surface area contributed by atoms with Crippen molar-refractivity contribution in [3.8, 4) is 0 Å². The van der Waals surface area contributed by atoms with Gasteiger partial charge in [-0.15, -0.1) is 0 Å². The van der Waals surface area contributed by atoms with Gasteiger partial charge in [0.1, 0.15) is 0 Å². The molecule has 1 aromatic rings. The molecule has 0 spiro atoms. The van der Waals surface area contributed by atoms with Gasteiger partial charge in [0.2, 0.25) is 0 Å². The second-order valence-corrected chi connectivity index (χ2v) is 5.38. The minimum atomic E-state index is -1.93. The first-order valence-electron chi connectivity index (χ1n) is 3.39. The van der Waals surface area contributed by atoms with E-state index in [0.29, 0.717) is 5.32 Å². The summed E-state index contributed by atoms with van der Waals surface area (Å²) < 4.78 is 12.2.